The maximum atomic E-state index is 13.4. The molecule has 1 fully saturated rings. The number of nitrogens with zero attached hydrogens (tertiary/aromatic N) is 1. The summed E-state index contributed by atoms with van der Waals surface area (Å²) in [6, 6.07) is 15.2. The van der Waals surface area contributed by atoms with Gasteiger partial charge in [-0.1, -0.05) is 48.5 Å². The second-order valence-electron chi connectivity index (χ2n) is 9.08. The number of nitrogens with one attached hydrogen (secondary N) is 1. The first kappa shape index (κ1) is 25.1. The van der Waals surface area contributed by atoms with Crippen LogP contribution in [0.4, 0.5) is 4.79 Å². The Kier molecular flexibility index (Phi) is 8.33. The first-order valence-corrected chi connectivity index (χ1v) is 13.5. The van der Waals surface area contributed by atoms with Gasteiger partial charge < -0.3 is 20.1 Å². The lowest BCUT2D eigenvalue weighted by molar-refractivity contribution is -0.142. The molecule has 186 valence electrons. The van der Waals surface area contributed by atoms with E-state index in [1.807, 2.05) is 30.5 Å². The van der Waals surface area contributed by atoms with Gasteiger partial charge in [0, 0.05) is 18.5 Å². The standard InChI is InChI=1S/C27H32N2O5S/c1-35-15-13-24(26(32)29-14-7-6-8-18(29)16-25(30)31)28-27(33)34-17-23-21-11-4-2-9-19(21)20-10-3-5-12-22(20)23/h2-5,9-12,18,23-24H,6-8,13-17H2,1H3,(H,28,33)(H,30,31)/t18-,24?/m1/s1. The van der Waals surface area contributed by atoms with Crippen LogP contribution in [0.3, 0.4) is 0 Å². The van der Waals surface area contributed by atoms with Crippen molar-refractivity contribution in [2.24, 2.45) is 0 Å². The van der Waals surface area contributed by atoms with Crippen molar-refractivity contribution in [2.45, 2.75) is 50.1 Å². The minimum absolute atomic E-state index is 0.0597. The van der Waals surface area contributed by atoms with E-state index in [2.05, 4.69) is 29.6 Å². The topological polar surface area (TPSA) is 95.9 Å². The highest BCUT2D eigenvalue weighted by atomic mass is 32.2. The Bertz CT molecular complexity index is 1030. The third-order valence-corrected chi connectivity index (χ3v) is 7.51. The van der Waals surface area contributed by atoms with Crippen LogP contribution >= 0.6 is 11.8 Å². The summed E-state index contributed by atoms with van der Waals surface area (Å²) in [6.07, 6.45) is 4.10. The van der Waals surface area contributed by atoms with Crippen molar-refractivity contribution in [2.75, 3.05) is 25.2 Å². The highest BCUT2D eigenvalue weighted by molar-refractivity contribution is 7.98. The maximum absolute atomic E-state index is 13.4. The fraction of sp³-hybridized carbons (Fsp3) is 0.444. The van der Waals surface area contributed by atoms with Crippen LogP contribution in [0, 0.1) is 0 Å². The van der Waals surface area contributed by atoms with Gasteiger partial charge in [-0.2, -0.15) is 11.8 Å². The van der Waals surface area contributed by atoms with E-state index in [-0.39, 0.29) is 30.9 Å². The number of thioether (sulfide) groups is 1. The molecule has 2 N–H and O–H groups in total. The van der Waals surface area contributed by atoms with Crippen LogP contribution in [-0.2, 0) is 14.3 Å². The van der Waals surface area contributed by atoms with Crippen molar-refractivity contribution in [3.63, 3.8) is 0 Å². The van der Waals surface area contributed by atoms with E-state index in [9.17, 15) is 19.5 Å². The Balaban J connectivity index is 1.43. The van der Waals surface area contributed by atoms with Gasteiger partial charge in [0.15, 0.2) is 0 Å². The quantitative estimate of drug-likeness (QED) is 0.531. The van der Waals surface area contributed by atoms with Gasteiger partial charge in [0.2, 0.25) is 5.91 Å². The van der Waals surface area contributed by atoms with Gasteiger partial charge in [0.05, 0.1) is 6.42 Å². The van der Waals surface area contributed by atoms with Crippen LogP contribution in [0.5, 0.6) is 0 Å². The lowest BCUT2D eigenvalue weighted by atomic mass is 9.98. The molecule has 2 aromatic rings. The summed E-state index contributed by atoms with van der Waals surface area (Å²) < 4.78 is 5.66. The second-order valence-corrected chi connectivity index (χ2v) is 10.1. The highest BCUT2D eigenvalue weighted by Crippen LogP contribution is 2.44. The van der Waals surface area contributed by atoms with Gasteiger partial charge in [-0.15, -0.1) is 0 Å². The second kappa shape index (κ2) is 11.6. The number of aliphatic carboxylic acids is 1. The molecule has 1 heterocycles. The fourth-order valence-corrected chi connectivity index (χ4v) is 5.65. The number of fused-ring (bicyclic) bond motifs is 3. The van der Waals surface area contributed by atoms with Gasteiger partial charge >= 0.3 is 12.1 Å². The summed E-state index contributed by atoms with van der Waals surface area (Å²) in [5.74, 6) is -0.508. The van der Waals surface area contributed by atoms with Crippen molar-refractivity contribution in [1.82, 2.24) is 10.2 Å². The Morgan fingerprint density at radius 1 is 1.09 bits per heavy atom. The van der Waals surface area contributed by atoms with Crippen LogP contribution in [0.2, 0.25) is 0 Å². The molecule has 8 heteroatoms. The van der Waals surface area contributed by atoms with Crippen molar-refractivity contribution in [3.05, 3.63) is 59.7 Å². The first-order chi connectivity index (χ1) is 17.0. The summed E-state index contributed by atoms with van der Waals surface area (Å²) in [5.41, 5.74) is 4.56. The molecule has 4 rings (SSSR count). The molecule has 1 aliphatic carbocycles. The van der Waals surface area contributed by atoms with Gasteiger partial charge in [0.25, 0.3) is 0 Å². The van der Waals surface area contributed by atoms with Crippen molar-refractivity contribution >= 4 is 29.7 Å². The number of carbonyl (C=O) groups excluding carboxylic acids is 2. The van der Waals surface area contributed by atoms with E-state index in [1.165, 1.54) is 0 Å². The third kappa shape index (κ3) is 5.81. The molecule has 1 aliphatic heterocycles. The molecule has 1 saturated heterocycles. The van der Waals surface area contributed by atoms with Gasteiger partial charge in [0.1, 0.15) is 12.6 Å². The van der Waals surface area contributed by atoms with Gasteiger partial charge in [-0.3, -0.25) is 9.59 Å². The van der Waals surface area contributed by atoms with Crippen LogP contribution in [0.1, 0.15) is 49.1 Å². The monoisotopic (exact) mass is 496 g/mol. The van der Waals surface area contributed by atoms with Crippen molar-refractivity contribution in [3.8, 4) is 11.1 Å². The summed E-state index contributed by atoms with van der Waals surface area (Å²) in [7, 11) is 0. The Labute approximate surface area is 210 Å². The number of rotatable bonds is 9. The van der Waals surface area contributed by atoms with Crippen LogP contribution in [-0.4, -0.2) is 65.2 Å². The Morgan fingerprint density at radius 2 is 1.74 bits per heavy atom. The molecule has 2 atom stereocenters. The van der Waals surface area contributed by atoms with Gasteiger partial charge in [-0.05, 0) is 59.9 Å². The third-order valence-electron chi connectivity index (χ3n) is 6.86. The first-order valence-electron chi connectivity index (χ1n) is 12.1. The van der Waals surface area contributed by atoms with E-state index in [0.29, 0.717) is 25.1 Å². The van der Waals surface area contributed by atoms with Crippen molar-refractivity contribution < 1.29 is 24.2 Å². The van der Waals surface area contributed by atoms with Crippen molar-refractivity contribution in [1.29, 1.82) is 0 Å². The zero-order valence-electron chi connectivity index (χ0n) is 19.9. The molecule has 1 unspecified atom stereocenters. The molecule has 2 aromatic carbocycles. The molecular formula is C27H32N2O5S. The lowest BCUT2D eigenvalue weighted by Crippen LogP contribution is -2.54. The summed E-state index contributed by atoms with van der Waals surface area (Å²) in [5, 5.41) is 12.1. The number of carboxylic acids is 1. The number of hydrogen-bond acceptors (Lipinski definition) is 5. The fourth-order valence-electron chi connectivity index (χ4n) is 5.18. The number of carboxylic acid groups (broad SMARTS) is 1. The van der Waals surface area contributed by atoms with E-state index >= 15 is 0 Å². The smallest absolute Gasteiger partial charge is 0.407 e. The lowest BCUT2D eigenvalue weighted by Gasteiger charge is -2.37. The minimum Gasteiger partial charge on any atom is -0.481 e. The molecule has 2 aliphatic rings. The van der Waals surface area contributed by atoms with Crippen LogP contribution < -0.4 is 5.32 Å². The zero-order chi connectivity index (χ0) is 24.8. The molecular weight excluding hydrogens is 464 g/mol. The molecule has 0 spiro atoms. The minimum atomic E-state index is -0.917. The Morgan fingerprint density at radius 3 is 2.37 bits per heavy atom. The molecule has 0 saturated carbocycles. The molecule has 0 radical (unpaired) electrons. The van der Waals surface area contributed by atoms with E-state index in [1.54, 1.807) is 16.7 Å². The number of carbonyl (C=O) groups is 3. The highest BCUT2D eigenvalue weighted by Gasteiger charge is 2.34. The number of likely N-dealkylation sites (tertiary alicyclic amines) is 1. The number of amides is 2. The number of benzene rings is 2. The van der Waals surface area contributed by atoms with E-state index < -0.39 is 18.1 Å². The predicted octanol–water partition coefficient (Wildman–Crippen LogP) is 4.50. The van der Waals surface area contributed by atoms with Gasteiger partial charge in [-0.25, -0.2) is 4.79 Å². The molecule has 0 bridgehead atoms. The summed E-state index contributed by atoms with van der Waals surface area (Å²) in [6.45, 7) is 0.688. The average Bonchev–Trinajstić information content (AvgIpc) is 3.18. The number of alkyl carbamates (subject to hydrolysis) is 1. The number of hydrogen-bond donors (Lipinski definition) is 2. The molecule has 35 heavy (non-hydrogen) atoms. The molecule has 7 nitrogen and oxygen atoms in total. The normalized spacial score (nSPS) is 17.9. The van der Waals surface area contributed by atoms with Crippen LogP contribution in [0.25, 0.3) is 11.1 Å². The predicted molar refractivity (Wildman–Crippen MR) is 137 cm³/mol. The number of ether oxygens (including phenoxy) is 1. The summed E-state index contributed by atoms with van der Waals surface area (Å²) in [4.78, 5) is 39.2. The molecule has 2 amide bonds. The average molecular weight is 497 g/mol. The van der Waals surface area contributed by atoms with E-state index in [4.69, 9.17) is 4.74 Å². The maximum Gasteiger partial charge on any atom is 0.407 e. The number of piperidine rings is 1. The van der Waals surface area contributed by atoms with Crippen LogP contribution in [0.15, 0.2) is 48.5 Å². The molecule has 0 aromatic heterocycles. The zero-order valence-corrected chi connectivity index (χ0v) is 20.8. The summed E-state index contributed by atoms with van der Waals surface area (Å²) >= 11 is 1.59. The van der Waals surface area contributed by atoms with E-state index in [0.717, 1.165) is 35.1 Å². The largest absolute Gasteiger partial charge is 0.481 e. The Hall–Kier alpha value is -3.00. The SMILES string of the molecule is CSCCC(NC(=O)OCC1c2ccccc2-c2ccccc21)C(=O)N1CCCC[C@@H]1CC(=O)O.